The van der Waals surface area contributed by atoms with Crippen molar-refractivity contribution in [2.45, 2.75) is 5.92 Å². The molecular weight excluding hydrogens is 447 g/mol. The van der Waals surface area contributed by atoms with Crippen LogP contribution in [0.5, 0.6) is 17.4 Å². The fraction of sp³-hybridized carbons (Fsp3) is 0.111. The largest absolute Gasteiger partial charge is 0.493 e. The van der Waals surface area contributed by atoms with Crippen LogP contribution in [0.4, 0.5) is 4.39 Å². The number of hydrogen-bond acceptors (Lipinski definition) is 6. The standard InChI is InChI=1S/C27H21FN4O3/c1-33-21-13-10-17(14-22(21)34-2)25-24-23(16-8-11-18(28)12-9-16)20(15-29)26(30)35-27(24)32(31-25)19-6-4-3-5-7-19/h3-14,23H,30H2,1-2H3. The zero-order valence-corrected chi connectivity index (χ0v) is 19.0. The maximum absolute atomic E-state index is 13.8. The lowest BCUT2D eigenvalue weighted by Gasteiger charge is -2.25. The van der Waals surface area contributed by atoms with E-state index in [-0.39, 0.29) is 17.3 Å². The molecule has 174 valence electrons. The van der Waals surface area contributed by atoms with E-state index in [1.807, 2.05) is 42.5 Å². The van der Waals surface area contributed by atoms with Crippen LogP contribution in [0.25, 0.3) is 16.9 Å². The highest BCUT2D eigenvalue weighted by atomic mass is 19.1. The molecule has 2 N–H and O–H groups in total. The number of benzene rings is 3. The second-order valence-electron chi connectivity index (χ2n) is 7.86. The minimum atomic E-state index is -0.620. The Hall–Kier alpha value is -4.77. The molecule has 3 aromatic carbocycles. The molecule has 0 spiro atoms. The Kier molecular flexibility index (Phi) is 5.59. The molecule has 2 heterocycles. The molecule has 0 saturated carbocycles. The fourth-order valence-corrected chi connectivity index (χ4v) is 4.27. The number of ether oxygens (including phenoxy) is 3. The lowest BCUT2D eigenvalue weighted by atomic mass is 9.83. The van der Waals surface area contributed by atoms with Gasteiger partial charge in [0.15, 0.2) is 11.5 Å². The van der Waals surface area contributed by atoms with E-state index in [0.29, 0.717) is 34.2 Å². The number of nitriles is 1. The van der Waals surface area contributed by atoms with Crippen molar-refractivity contribution >= 4 is 0 Å². The maximum atomic E-state index is 13.8. The van der Waals surface area contributed by atoms with Gasteiger partial charge in [-0.25, -0.2) is 4.39 Å². The van der Waals surface area contributed by atoms with Crippen molar-refractivity contribution in [3.8, 4) is 40.4 Å². The van der Waals surface area contributed by atoms with Gasteiger partial charge in [-0.05, 0) is 48.0 Å². The number of allylic oxidation sites excluding steroid dienone is 1. The molecule has 1 aliphatic heterocycles. The molecule has 1 aliphatic rings. The first-order chi connectivity index (χ1) is 17.0. The predicted octanol–water partition coefficient (Wildman–Crippen LogP) is 4.91. The summed E-state index contributed by atoms with van der Waals surface area (Å²) >= 11 is 0. The van der Waals surface area contributed by atoms with E-state index in [4.69, 9.17) is 25.0 Å². The van der Waals surface area contributed by atoms with Crippen molar-refractivity contribution in [2.24, 2.45) is 5.73 Å². The lowest BCUT2D eigenvalue weighted by molar-refractivity contribution is 0.355. The van der Waals surface area contributed by atoms with Gasteiger partial charge in [0, 0.05) is 5.56 Å². The molecule has 8 heteroatoms. The Labute approximate surface area is 201 Å². The molecule has 0 bridgehead atoms. The van der Waals surface area contributed by atoms with Crippen LogP contribution in [0.15, 0.2) is 84.3 Å². The highest BCUT2D eigenvalue weighted by Crippen LogP contribution is 2.48. The number of halogens is 1. The third-order valence-electron chi connectivity index (χ3n) is 5.91. The molecule has 0 fully saturated rings. The Bertz CT molecular complexity index is 1470. The summed E-state index contributed by atoms with van der Waals surface area (Å²) in [5.41, 5.74) is 9.81. The number of methoxy groups -OCH3 is 2. The summed E-state index contributed by atoms with van der Waals surface area (Å²) in [5.74, 6) is 0.456. The smallest absolute Gasteiger partial charge is 0.229 e. The molecule has 4 aromatic rings. The van der Waals surface area contributed by atoms with Gasteiger partial charge in [-0.2, -0.15) is 15.0 Å². The molecule has 5 rings (SSSR count). The van der Waals surface area contributed by atoms with Crippen LogP contribution in [-0.2, 0) is 0 Å². The average molecular weight is 468 g/mol. The predicted molar refractivity (Wildman–Crippen MR) is 128 cm³/mol. The van der Waals surface area contributed by atoms with Crippen molar-refractivity contribution < 1.29 is 18.6 Å². The topological polar surface area (TPSA) is 95.3 Å². The van der Waals surface area contributed by atoms with Gasteiger partial charge in [-0.3, -0.25) is 0 Å². The molecule has 35 heavy (non-hydrogen) atoms. The zero-order valence-electron chi connectivity index (χ0n) is 19.0. The van der Waals surface area contributed by atoms with Gasteiger partial charge >= 0.3 is 0 Å². The number of nitrogens with zero attached hydrogens (tertiary/aromatic N) is 3. The molecule has 1 unspecified atom stereocenters. The first-order valence-corrected chi connectivity index (χ1v) is 10.8. The van der Waals surface area contributed by atoms with Crippen molar-refractivity contribution in [3.05, 3.63) is 101 Å². The molecule has 1 atom stereocenters. The Morgan fingerprint density at radius 1 is 1.00 bits per heavy atom. The van der Waals surface area contributed by atoms with Gasteiger partial charge in [-0.1, -0.05) is 30.3 Å². The third kappa shape index (κ3) is 3.73. The first-order valence-electron chi connectivity index (χ1n) is 10.8. The average Bonchev–Trinajstić information content (AvgIpc) is 3.27. The van der Waals surface area contributed by atoms with Crippen LogP contribution in [-0.4, -0.2) is 24.0 Å². The van der Waals surface area contributed by atoms with Gasteiger partial charge in [0.1, 0.15) is 23.2 Å². The van der Waals surface area contributed by atoms with Crippen LogP contribution in [0, 0.1) is 17.1 Å². The monoisotopic (exact) mass is 468 g/mol. The molecule has 7 nitrogen and oxygen atoms in total. The molecule has 1 aromatic heterocycles. The van der Waals surface area contributed by atoms with Crippen molar-refractivity contribution in [1.29, 1.82) is 5.26 Å². The molecule has 0 saturated heterocycles. The molecule has 0 amide bonds. The summed E-state index contributed by atoms with van der Waals surface area (Å²) in [7, 11) is 3.12. The maximum Gasteiger partial charge on any atom is 0.229 e. The quantitative estimate of drug-likeness (QED) is 0.447. The molecule has 0 aliphatic carbocycles. The fourth-order valence-electron chi connectivity index (χ4n) is 4.27. The minimum absolute atomic E-state index is 0.0229. The number of hydrogen-bond donors (Lipinski definition) is 1. The van der Waals surface area contributed by atoms with Crippen LogP contribution >= 0.6 is 0 Å². The number of nitrogens with two attached hydrogens (primary N) is 1. The summed E-state index contributed by atoms with van der Waals surface area (Å²) in [6.45, 7) is 0. The van der Waals surface area contributed by atoms with Crippen molar-refractivity contribution in [2.75, 3.05) is 14.2 Å². The summed E-state index contributed by atoms with van der Waals surface area (Å²) < 4.78 is 32.3. The second kappa shape index (κ2) is 8.88. The van der Waals surface area contributed by atoms with E-state index in [1.165, 1.54) is 12.1 Å². The summed E-state index contributed by atoms with van der Waals surface area (Å²) in [6.07, 6.45) is 0. The van der Waals surface area contributed by atoms with Gasteiger partial charge in [-0.15, -0.1) is 0 Å². The second-order valence-corrected chi connectivity index (χ2v) is 7.86. The Morgan fingerprint density at radius 2 is 1.71 bits per heavy atom. The highest BCUT2D eigenvalue weighted by Gasteiger charge is 2.37. The van der Waals surface area contributed by atoms with Crippen LogP contribution in [0.2, 0.25) is 0 Å². The van der Waals surface area contributed by atoms with E-state index in [1.54, 1.807) is 37.1 Å². The summed E-state index contributed by atoms with van der Waals surface area (Å²) in [6, 6.07) is 23.1. The number of aromatic nitrogens is 2. The van der Waals surface area contributed by atoms with Crippen LogP contribution in [0.1, 0.15) is 17.0 Å². The number of fused-ring (bicyclic) bond motifs is 1. The van der Waals surface area contributed by atoms with Gasteiger partial charge in [0.25, 0.3) is 0 Å². The number of para-hydroxylation sites is 1. The SMILES string of the molecule is COc1ccc(-c2nn(-c3ccccc3)c3c2C(c2ccc(F)cc2)C(C#N)=C(N)O3)cc1OC. The van der Waals surface area contributed by atoms with E-state index in [9.17, 15) is 9.65 Å². The van der Waals surface area contributed by atoms with Crippen molar-refractivity contribution in [3.63, 3.8) is 0 Å². The van der Waals surface area contributed by atoms with E-state index < -0.39 is 5.92 Å². The molecule has 0 radical (unpaired) electrons. The Balaban J connectivity index is 1.82. The van der Waals surface area contributed by atoms with Gasteiger partial charge < -0.3 is 19.9 Å². The minimum Gasteiger partial charge on any atom is -0.493 e. The van der Waals surface area contributed by atoms with Crippen LogP contribution in [0.3, 0.4) is 0 Å². The summed E-state index contributed by atoms with van der Waals surface area (Å²) in [5, 5.41) is 14.9. The zero-order chi connectivity index (χ0) is 24.5. The first kappa shape index (κ1) is 22.0. The third-order valence-corrected chi connectivity index (χ3v) is 5.91. The van der Waals surface area contributed by atoms with Gasteiger partial charge in [0.2, 0.25) is 11.8 Å². The normalized spacial score (nSPS) is 14.6. The highest BCUT2D eigenvalue weighted by molar-refractivity contribution is 5.74. The van der Waals surface area contributed by atoms with Crippen molar-refractivity contribution in [1.82, 2.24) is 9.78 Å². The summed E-state index contributed by atoms with van der Waals surface area (Å²) in [4.78, 5) is 0. The Morgan fingerprint density at radius 3 is 2.37 bits per heavy atom. The van der Waals surface area contributed by atoms with E-state index in [2.05, 4.69) is 6.07 Å². The molecular formula is C27H21FN4O3. The van der Waals surface area contributed by atoms with Gasteiger partial charge in [0.05, 0.1) is 31.4 Å². The number of rotatable bonds is 5. The van der Waals surface area contributed by atoms with E-state index in [0.717, 1.165) is 11.3 Å². The van der Waals surface area contributed by atoms with Crippen LogP contribution < -0.4 is 19.9 Å². The lowest BCUT2D eigenvalue weighted by Crippen LogP contribution is -2.22. The van der Waals surface area contributed by atoms with E-state index >= 15 is 0 Å².